The molecule has 0 aromatic heterocycles. The zero-order valence-corrected chi connectivity index (χ0v) is 12.7. The first-order chi connectivity index (χ1) is 9.88. The fraction of sp³-hybridized carbons (Fsp3) is 0.333. The number of carbonyl (C=O) groups excluding carboxylic acids is 2. The van der Waals surface area contributed by atoms with E-state index in [-0.39, 0.29) is 23.8 Å². The van der Waals surface area contributed by atoms with Gasteiger partial charge in [-0.25, -0.2) is 0 Å². The summed E-state index contributed by atoms with van der Waals surface area (Å²) < 4.78 is 0. The number of halogens is 1. The van der Waals surface area contributed by atoms with Crippen molar-refractivity contribution < 1.29 is 9.59 Å². The first-order valence-corrected chi connectivity index (χ1v) is 7.02. The Bertz CT molecular complexity index is 599. The minimum Gasteiger partial charge on any atom is -0.345 e. The van der Waals surface area contributed by atoms with Gasteiger partial charge in [-0.3, -0.25) is 9.59 Å². The second kappa shape index (κ2) is 6.28. The minimum atomic E-state index is -0.260. The van der Waals surface area contributed by atoms with Crippen molar-refractivity contribution >= 4 is 29.1 Å². The van der Waals surface area contributed by atoms with E-state index >= 15 is 0 Å². The SMILES string of the molecule is CN(C)C(=O)c1ccc(Cl)c(NC(=O)C2C=CC(N)C2)c1. The lowest BCUT2D eigenvalue weighted by Crippen LogP contribution is -2.25. The Balaban J connectivity index is 2.16. The third-order valence-corrected chi connectivity index (χ3v) is 3.66. The van der Waals surface area contributed by atoms with Crippen LogP contribution in [0.1, 0.15) is 16.8 Å². The fourth-order valence-electron chi connectivity index (χ4n) is 2.16. The first kappa shape index (κ1) is 15.5. The van der Waals surface area contributed by atoms with Crippen molar-refractivity contribution in [2.45, 2.75) is 12.5 Å². The Morgan fingerprint density at radius 3 is 2.62 bits per heavy atom. The molecule has 5 nitrogen and oxygen atoms in total. The van der Waals surface area contributed by atoms with Crippen molar-refractivity contribution in [3.63, 3.8) is 0 Å². The molecular weight excluding hydrogens is 290 g/mol. The minimum absolute atomic E-state index is 0.0853. The maximum atomic E-state index is 12.2. The number of carbonyl (C=O) groups is 2. The summed E-state index contributed by atoms with van der Waals surface area (Å²) in [6.07, 6.45) is 4.19. The summed E-state index contributed by atoms with van der Waals surface area (Å²) in [4.78, 5) is 25.6. The summed E-state index contributed by atoms with van der Waals surface area (Å²) in [6.45, 7) is 0. The van der Waals surface area contributed by atoms with E-state index in [1.165, 1.54) is 4.90 Å². The van der Waals surface area contributed by atoms with E-state index in [1.54, 1.807) is 38.4 Å². The van der Waals surface area contributed by atoms with Gasteiger partial charge in [0.05, 0.1) is 16.6 Å². The van der Waals surface area contributed by atoms with E-state index in [4.69, 9.17) is 17.3 Å². The predicted octanol–water partition coefficient (Wildman–Crippen LogP) is 1.88. The molecule has 6 heteroatoms. The van der Waals surface area contributed by atoms with Crippen LogP contribution in [0.15, 0.2) is 30.4 Å². The second-order valence-corrected chi connectivity index (χ2v) is 5.68. The zero-order chi connectivity index (χ0) is 15.6. The number of rotatable bonds is 3. The summed E-state index contributed by atoms with van der Waals surface area (Å²) in [6, 6.07) is 4.73. The van der Waals surface area contributed by atoms with Gasteiger partial charge in [-0.1, -0.05) is 23.8 Å². The van der Waals surface area contributed by atoms with Crippen LogP contribution in [0.5, 0.6) is 0 Å². The maximum absolute atomic E-state index is 12.2. The molecule has 0 fully saturated rings. The van der Waals surface area contributed by atoms with E-state index in [0.717, 1.165) is 0 Å². The molecule has 0 aliphatic heterocycles. The molecule has 2 amide bonds. The normalized spacial score (nSPS) is 20.4. The number of benzene rings is 1. The molecule has 0 bridgehead atoms. The highest BCUT2D eigenvalue weighted by Crippen LogP contribution is 2.26. The van der Waals surface area contributed by atoms with Crippen LogP contribution in [0.2, 0.25) is 5.02 Å². The van der Waals surface area contributed by atoms with Gasteiger partial charge < -0.3 is 16.0 Å². The van der Waals surface area contributed by atoms with Crippen LogP contribution < -0.4 is 11.1 Å². The topological polar surface area (TPSA) is 75.4 Å². The molecule has 0 radical (unpaired) electrons. The van der Waals surface area contributed by atoms with Crippen LogP contribution in [0, 0.1) is 5.92 Å². The van der Waals surface area contributed by atoms with Crippen LogP contribution >= 0.6 is 11.6 Å². The smallest absolute Gasteiger partial charge is 0.253 e. The molecule has 1 aliphatic carbocycles. The number of amides is 2. The molecule has 21 heavy (non-hydrogen) atoms. The standard InChI is InChI=1S/C15H18ClN3O2/c1-19(2)15(21)10-4-6-12(16)13(8-10)18-14(20)9-3-5-11(17)7-9/h3-6,8-9,11H,7,17H2,1-2H3,(H,18,20). The number of nitrogens with one attached hydrogen (secondary N) is 1. The molecule has 0 heterocycles. The van der Waals surface area contributed by atoms with Crippen molar-refractivity contribution in [1.82, 2.24) is 4.90 Å². The highest BCUT2D eigenvalue weighted by Gasteiger charge is 2.23. The first-order valence-electron chi connectivity index (χ1n) is 6.64. The molecular formula is C15H18ClN3O2. The largest absolute Gasteiger partial charge is 0.345 e. The average Bonchev–Trinajstić information content (AvgIpc) is 2.87. The highest BCUT2D eigenvalue weighted by molar-refractivity contribution is 6.34. The van der Waals surface area contributed by atoms with Gasteiger partial charge in [0, 0.05) is 25.7 Å². The van der Waals surface area contributed by atoms with Crippen molar-refractivity contribution in [3.8, 4) is 0 Å². The quantitative estimate of drug-likeness (QED) is 0.837. The number of anilines is 1. The van der Waals surface area contributed by atoms with Crippen molar-refractivity contribution in [1.29, 1.82) is 0 Å². The lowest BCUT2D eigenvalue weighted by atomic mass is 10.1. The van der Waals surface area contributed by atoms with E-state index in [2.05, 4.69) is 5.32 Å². The predicted molar refractivity (Wildman–Crippen MR) is 83.3 cm³/mol. The van der Waals surface area contributed by atoms with E-state index < -0.39 is 0 Å². The second-order valence-electron chi connectivity index (χ2n) is 5.27. The van der Waals surface area contributed by atoms with Gasteiger partial charge in [0.15, 0.2) is 0 Å². The molecule has 1 aromatic carbocycles. The zero-order valence-electron chi connectivity index (χ0n) is 12.0. The summed E-state index contributed by atoms with van der Waals surface area (Å²) in [5.74, 6) is -0.579. The molecule has 3 N–H and O–H groups in total. The van der Waals surface area contributed by atoms with Crippen LogP contribution in [0.3, 0.4) is 0 Å². The molecule has 2 rings (SSSR count). The third kappa shape index (κ3) is 3.62. The fourth-order valence-corrected chi connectivity index (χ4v) is 2.32. The van der Waals surface area contributed by atoms with Crippen molar-refractivity contribution in [2.75, 3.05) is 19.4 Å². The number of hydrogen-bond donors (Lipinski definition) is 2. The summed E-state index contributed by atoms with van der Waals surface area (Å²) in [7, 11) is 3.33. The molecule has 0 saturated carbocycles. The van der Waals surface area contributed by atoms with Crippen LogP contribution in [-0.2, 0) is 4.79 Å². The van der Waals surface area contributed by atoms with Gasteiger partial charge >= 0.3 is 0 Å². The van der Waals surface area contributed by atoms with Gasteiger partial charge in [0.1, 0.15) is 0 Å². The molecule has 0 spiro atoms. The van der Waals surface area contributed by atoms with Crippen LogP contribution in [0.4, 0.5) is 5.69 Å². The Morgan fingerprint density at radius 2 is 2.05 bits per heavy atom. The highest BCUT2D eigenvalue weighted by atomic mass is 35.5. The molecule has 112 valence electrons. The third-order valence-electron chi connectivity index (χ3n) is 3.33. The van der Waals surface area contributed by atoms with Gasteiger partial charge in [-0.15, -0.1) is 0 Å². The molecule has 1 aliphatic rings. The Hall–Kier alpha value is -1.85. The van der Waals surface area contributed by atoms with Crippen molar-refractivity contribution in [3.05, 3.63) is 40.9 Å². The van der Waals surface area contributed by atoms with E-state index in [0.29, 0.717) is 22.7 Å². The Morgan fingerprint density at radius 1 is 1.33 bits per heavy atom. The van der Waals surface area contributed by atoms with Crippen molar-refractivity contribution in [2.24, 2.45) is 11.7 Å². The maximum Gasteiger partial charge on any atom is 0.253 e. The lowest BCUT2D eigenvalue weighted by molar-refractivity contribution is -0.118. The van der Waals surface area contributed by atoms with E-state index in [1.807, 2.05) is 6.08 Å². The van der Waals surface area contributed by atoms with Gasteiger partial charge in [0.2, 0.25) is 5.91 Å². The van der Waals surface area contributed by atoms with Crippen LogP contribution in [0.25, 0.3) is 0 Å². The summed E-state index contributed by atoms with van der Waals surface area (Å²) in [5.41, 5.74) is 6.64. The molecule has 0 saturated heterocycles. The average molecular weight is 308 g/mol. The van der Waals surface area contributed by atoms with Crippen LogP contribution in [-0.4, -0.2) is 36.9 Å². The lowest BCUT2D eigenvalue weighted by Gasteiger charge is -2.14. The monoisotopic (exact) mass is 307 g/mol. The number of nitrogens with zero attached hydrogens (tertiary/aromatic N) is 1. The van der Waals surface area contributed by atoms with E-state index in [9.17, 15) is 9.59 Å². The number of hydrogen-bond acceptors (Lipinski definition) is 3. The molecule has 1 aromatic rings. The molecule has 2 atom stereocenters. The van der Waals surface area contributed by atoms with Gasteiger partial charge in [0.25, 0.3) is 5.91 Å². The summed E-state index contributed by atoms with van der Waals surface area (Å²) in [5, 5.41) is 3.15. The number of nitrogens with two attached hydrogens (primary N) is 1. The summed E-state index contributed by atoms with van der Waals surface area (Å²) >= 11 is 6.08. The molecule has 2 unspecified atom stereocenters. The van der Waals surface area contributed by atoms with Gasteiger partial charge in [-0.05, 0) is 24.6 Å². The Labute approximate surface area is 128 Å². The Kier molecular flexibility index (Phi) is 4.65. The van der Waals surface area contributed by atoms with Gasteiger partial charge in [-0.2, -0.15) is 0 Å².